The number of methoxy groups -OCH3 is 1. The highest BCUT2D eigenvalue weighted by molar-refractivity contribution is 5.84. The first kappa shape index (κ1) is 16.3. The molecule has 1 aromatic carbocycles. The van der Waals surface area contributed by atoms with Crippen LogP contribution in [0.2, 0.25) is 0 Å². The van der Waals surface area contributed by atoms with Gasteiger partial charge in [-0.1, -0.05) is 31.0 Å². The Kier molecular flexibility index (Phi) is 5.81. The van der Waals surface area contributed by atoms with Crippen LogP contribution in [0.15, 0.2) is 24.3 Å². The standard InChI is InChI=1S/C17H23NO4/c1-22-15-9-5-4-8-13(15)11-14(17(20)21)18-16(19)10-12-6-2-3-7-12/h4-5,8-9,12,14H,2-3,6-7,10-11H2,1H3,(H,18,19)(H,20,21)/t14-/m0/s1. The van der Waals surface area contributed by atoms with Gasteiger partial charge in [-0.15, -0.1) is 0 Å². The molecule has 2 N–H and O–H groups in total. The van der Waals surface area contributed by atoms with Crippen molar-refractivity contribution in [2.24, 2.45) is 5.92 Å². The number of para-hydroxylation sites is 1. The van der Waals surface area contributed by atoms with Crippen LogP contribution in [-0.2, 0) is 16.0 Å². The van der Waals surface area contributed by atoms with E-state index >= 15 is 0 Å². The number of amides is 1. The fraction of sp³-hybridized carbons (Fsp3) is 0.529. The molecule has 1 aliphatic carbocycles. The summed E-state index contributed by atoms with van der Waals surface area (Å²) in [6, 6.07) is 6.34. The molecule has 0 spiro atoms. The molecule has 0 saturated heterocycles. The number of carbonyl (C=O) groups is 2. The van der Waals surface area contributed by atoms with Gasteiger partial charge in [-0.2, -0.15) is 0 Å². The third kappa shape index (κ3) is 4.48. The third-order valence-electron chi connectivity index (χ3n) is 4.20. The number of carbonyl (C=O) groups excluding carboxylic acids is 1. The first-order valence-corrected chi connectivity index (χ1v) is 7.74. The smallest absolute Gasteiger partial charge is 0.326 e. The number of hydrogen-bond acceptors (Lipinski definition) is 3. The number of hydrogen-bond donors (Lipinski definition) is 2. The van der Waals surface area contributed by atoms with Crippen molar-refractivity contribution < 1.29 is 19.4 Å². The highest BCUT2D eigenvalue weighted by Crippen LogP contribution is 2.27. The molecule has 1 atom stereocenters. The summed E-state index contributed by atoms with van der Waals surface area (Å²) in [5.74, 6) is -0.153. The van der Waals surface area contributed by atoms with E-state index in [9.17, 15) is 14.7 Å². The minimum absolute atomic E-state index is 0.172. The van der Waals surface area contributed by atoms with E-state index < -0.39 is 12.0 Å². The topological polar surface area (TPSA) is 75.6 Å². The Labute approximate surface area is 130 Å². The summed E-state index contributed by atoms with van der Waals surface area (Å²) in [5, 5.41) is 12.0. The number of carboxylic acid groups (broad SMARTS) is 1. The second-order valence-electron chi connectivity index (χ2n) is 5.83. The van der Waals surface area contributed by atoms with Gasteiger partial charge in [0, 0.05) is 12.8 Å². The van der Waals surface area contributed by atoms with Gasteiger partial charge in [0.05, 0.1) is 7.11 Å². The lowest BCUT2D eigenvalue weighted by atomic mass is 10.0. The maximum absolute atomic E-state index is 12.1. The molecular formula is C17H23NO4. The Balaban J connectivity index is 1.97. The lowest BCUT2D eigenvalue weighted by Crippen LogP contribution is -2.42. The molecule has 0 radical (unpaired) electrons. The van der Waals surface area contributed by atoms with Gasteiger partial charge in [0.15, 0.2) is 0 Å². The highest BCUT2D eigenvalue weighted by atomic mass is 16.5. The lowest BCUT2D eigenvalue weighted by Gasteiger charge is -2.17. The van der Waals surface area contributed by atoms with Crippen molar-refractivity contribution in [3.05, 3.63) is 29.8 Å². The zero-order valence-electron chi connectivity index (χ0n) is 12.9. The van der Waals surface area contributed by atoms with Crippen LogP contribution in [-0.4, -0.2) is 30.1 Å². The van der Waals surface area contributed by atoms with Gasteiger partial charge in [-0.05, 0) is 30.4 Å². The quantitative estimate of drug-likeness (QED) is 0.811. The number of rotatable bonds is 7. The van der Waals surface area contributed by atoms with Crippen LogP contribution in [0, 0.1) is 5.92 Å². The van der Waals surface area contributed by atoms with Crippen molar-refractivity contribution in [2.75, 3.05) is 7.11 Å². The SMILES string of the molecule is COc1ccccc1C[C@H](NC(=O)CC1CCCC1)C(=O)O. The Morgan fingerprint density at radius 3 is 2.64 bits per heavy atom. The minimum Gasteiger partial charge on any atom is -0.496 e. The number of benzene rings is 1. The van der Waals surface area contributed by atoms with Crippen LogP contribution in [0.3, 0.4) is 0 Å². The van der Waals surface area contributed by atoms with E-state index in [0.29, 0.717) is 18.1 Å². The van der Waals surface area contributed by atoms with Crippen LogP contribution in [0.5, 0.6) is 5.75 Å². The lowest BCUT2D eigenvalue weighted by molar-refractivity contribution is -0.141. The summed E-state index contributed by atoms with van der Waals surface area (Å²) in [7, 11) is 1.55. The van der Waals surface area contributed by atoms with Crippen molar-refractivity contribution in [3.8, 4) is 5.75 Å². The fourth-order valence-corrected chi connectivity index (χ4v) is 3.02. The fourth-order valence-electron chi connectivity index (χ4n) is 3.02. The summed E-state index contributed by atoms with van der Waals surface area (Å²) >= 11 is 0. The van der Waals surface area contributed by atoms with Crippen molar-refractivity contribution in [1.82, 2.24) is 5.32 Å². The predicted octanol–water partition coefficient (Wildman–Crippen LogP) is 2.39. The maximum Gasteiger partial charge on any atom is 0.326 e. The van der Waals surface area contributed by atoms with E-state index in [0.717, 1.165) is 18.4 Å². The van der Waals surface area contributed by atoms with E-state index in [1.54, 1.807) is 13.2 Å². The molecule has 0 aliphatic heterocycles. The van der Waals surface area contributed by atoms with Crippen LogP contribution in [0.25, 0.3) is 0 Å². The zero-order chi connectivity index (χ0) is 15.9. The van der Waals surface area contributed by atoms with Gasteiger partial charge in [0.2, 0.25) is 5.91 Å². The number of ether oxygens (including phenoxy) is 1. The summed E-state index contributed by atoms with van der Waals surface area (Å²) in [6.45, 7) is 0. The Bertz CT molecular complexity index is 523. The average molecular weight is 305 g/mol. The second kappa shape index (κ2) is 7.82. The molecule has 120 valence electrons. The molecule has 1 fully saturated rings. The number of nitrogens with one attached hydrogen (secondary N) is 1. The second-order valence-corrected chi connectivity index (χ2v) is 5.83. The summed E-state index contributed by atoms with van der Waals surface area (Å²) in [5.41, 5.74) is 0.776. The molecule has 0 unspecified atom stereocenters. The highest BCUT2D eigenvalue weighted by Gasteiger charge is 2.24. The van der Waals surface area contributed by atoms with E-state index in [1.807, 2.05) is 18.2 Å². The van der Waals surface area contributed by atoms with Crippen LogP contribution in [0.4, 0.5) is 0 Å². The monoisotopic (exact) mass is 305 g/mol. The predicted molar refractivity (Wildman–Crippen MR) is 82.8 cm³/mol. The minimum atomic E-state index is -1.02. The Morgan fingerprint density at radius 2 is 2.00 bits per heavy atom. The molecular weight excluding hydrogens is 282 g/mol. The summed E-state index contributed by atoms with van der Waals surface area (Å²) < 4.78 is 5.23. The van der Waals surface area contributed by atoms with Crippen LogP contribution in [0.1, 0.15) is 37.7 Å². The van der Waals surface area contributed by atoms with Crippen molar-refractivity contribution >= 4 is 11.9 Å². The number of aliphatic carboxylic acids is 1. The molecule has 1 aliphatic rings. The van der Waals surface area contributed by atoms with Gasteiger partial charge >= 0.3 is 5.97 Å². The largest absolute Gasteiger partial charge is 0.496 e. The Morgan fingerprint density at radius 1 is 1.32 bits per heavy atom. The number of carboxylic acids is 1. The normalized spacial score (nSPS) is 16.2. The molecule has 0 heterocycles. The van der Waals surface area contributed by atoms with Crippen molar-refractivity contribution in [2.45, 2.75) is 44.6 Å². The molecule has 2 rings (SSSR count). The summed E-state index contributed by atoms with van der Waals surface area (Å²) in [6.07, 6.45) is 5.11. The molecule has 1 aromatic rings. The first-order valence-electron chi connectivity index (χ1n) is 7.74. The molecule has 1 saturated carbocycles. The van der Waals surface area contributed by atoms with Gasteiger partial charge in [0.1, 0.15) is 11.8 Å². The summed E-state index contributed by atoms with van der Waals surface area (Å²) in [4.78, 5) is 23.5. The van der Waals surface area contributed by atoms with Crippen LogP contribution < -0.4 is 10.1 Å². The average Bonchev–Trinajstić information content (AvgIpc) is 2.99. The van der Waals surface area contributed by atoms with Crippen LogP contribution >= 0.6 is 0 Å². The van der Waals surface area contributed by atoms with Crippen molar-refractivity contribution in [3.63, 3.8) is 0 Å². The molecule has 5 nitrogen and oxygen atoms in total. The van der Waals surface area contributed by atoms with E-state index in [4.69, 9.17) is 4.74 Å². The van der Waals surface area contributed by atoms with Gasteiger partial charge in [-0.25, -0.2) is 4.79 Å². The molecule has 5 heteroatoms. The molecule has 22 heavy (non-hydrogen) atoms. The maximum atomic E-state index is 12.1. The van der Waals surface area contributed by atoms with E-state index in [2.05, 4.69) is 5.32 Å². The molecule has 0 aromatic heterocycles. The van der Waals surface area contributed by atoms with E-state index in [-0.39, 0.29) is 12.3 Å². The first-order chi connectivity index (χ1) is 10.6. The van der Waals surface area contributed by atoms with E-state index in [1.165, 1.54) is 12.8 Å². The third-order valence-corrected chi connectivity index (χ3v) is 4.20. The van der Waals surface area contributed by atoms with Gasteiger partial charge in [0.25, 0.3) is 0 Å². The zero-order valence-corrected chi connectivity index (χ0v) is 12.9. The van der Waals surface area contributed by atoms with Gasteiger partial charge in [-0.3, -0.25) is 4.79 Å². The molecule has 0 bridgehead atoms. The Hall–Kier alpha value is -2.04. The molecule has 1 amide bonds. The van der Waals surface area contributed by atoms with Crippen molar-refractivity contribution in [1.29, 1.82) is 0 Å². The van der Waals surface area contributed by atoms with Gasteiger partial charge < -0.3 is 15.2 Å².